The Kier molecular flexibility index (Phi) is 2.70. The third-order valence-electron chi connectivity index (χ3n) is 2.88. The van der Waals surface area contributed by atoms with Crippen LogP contribution in [-0.4, -0.2) is 9.97 Å². The number of rotatable bonds is 2. The maximum Gasteiger partial charge on any atom is 0.161 e. The second-order valence-corrected chi connectivity index (χ2v) is 4.99. The van der Waals surface area contributed by atoms with Crippen molar-refractivity contribution in [2.24, 2.45) is 5.84 Å². The van der Waals surface area contributed by atoms with E-state index < -0.39 is 0 Å². The minimum absolute atomic E-state index is 0.676. The van der Waals surface area contributed by atoms with Gasteiger partial charge in [0.05, 0.1) is 10.2 Å². The molecule has 0 radical (unpaired) electrons. The molecule has 0 aliphatic carbocycles. The minimum Gasteiger partial charge on any atom is -0.307 e. The largest absolute Gasteiger partial charge is 0.307 e. The predicted molar refractivity (Wildman–Crippen MR) is 75.4 cm³/mol. The van der Waals surface area contributed by atoms with Gasteiger partial charge in [-0.2, -0.15) is 0 Å². The van der Waals surface area contributed by atoms with E-state index in [4.69, 9.17) is 5.84 Å². The topological polar surface area (TPSA) is 63.8 Å². The van der Waals surface area contributed by atoms with Crippen LogP contribution < -0.4 is 11.3 Å². The van der Waals surface area contributed by atoms with Crippen LogP contribution in [0.3, 0.4) is 0 Å². The highest BCUT2D eigenvalue weighted by atomic mass is 32.1. The van der Waals surface area contributed by atoms with Crippen molar-refractivity contribution < 1.29 is 0 Å². The SMILES string of the molecule is Cc1c(-c2ccccc2)sc2c(NN)ncnc12. The van der Waals surface area contributed by atoms with Crippen LogP contribution in [0.25, 0.3) is 20.7 Å². The maximum atomic E-state index is 5.48. The zero-order chi connectivity index (χ0) is 12.5. The fourth-order valence-electron chi connectivity index (χ4n) is 1.99. The van der Waals surface area contributed by atoms with Crippen LogP contribution in [0.1, 0.15) is 5.56 Å². The minimum atomic E-state index is 0.676. The number of hydrogen-bond acceptors (Lipinski definition) is 5. The van der Waals surface area contributed by atoms with Crippen molar-refractivity contribution in [1.29, 1.82) is 0 Å². The van der Waals surface area contributed by atoms with Gasteiger partial charge >= 0.3 is 0 Å². The standard InChI is InChI=1S/C13H12N4S/c1-8-10-12(13(17-14)16-7-15-10)18-11(8)9-5-3-2-4-6-9/h2-7H,14H2,1H3,(H,15,16,17). The molecule has 0 spiro atoms. The molecule has 0 fully saturated rings. The summed E-state index contributed by atoms with van der Waals surface area (Å²) in [6.07, 6.45) is 1.53. The lowest BCUT2D eigenvalue weighted by Crippen LogP contribution is -2.08. The summed E-state index contributed by atoms with van der Waals surface area (Å²) in [6.45, 7) is 2.08. The molecule has 0 saturated carbocycles. The van der Waals surface area contributed by atoms with Crippen LogP contribution in [0.5, 0.6) is 0 Å². The van der Waals surface area contributed by atoms with Gasteiger partial charge in [-0.1, -0.05) is 30.3 Å². The summed E-state index contributed by atoms with van der Waals surface area (Å²) >= 11 is 1.66. The van der Waals surface area contributed by atoms with Crippen molar-refractivity contribution in [2.75, 3.05) is 5.43 Å². The molecule has 2 heterocycles. The number of benzene rings is 1. The van der Waals surface area contributed by atoms with E-state index in [-0.39, 0.29) is 0 Å². The van der Waals surface area contributed by atoms with Crippen molar-refractivity contribution in [3.63, 3.8) is 0 Å². The second-order valence-electron chi connectivity index (χ2n) is 3.97. The normalized spacial score (nSPS) is 10.8. The van der Waals surface area contributed by atoms with Gasteiger partial charge in [-0.3, -0.25) is 0 Å². The van der Waals surface area contributed by atoms with Gasteiger partial charge in [-0.25, -0.2) is 15.8 Å². The molecule has 1 aromatic carbocycles. The van der Waals surface area contributed by atoms with Crippen LogP contribution in [0.15, 0.2) is 36.7 Å². The van der Waals surface area contributed by atoms with Gasteiger partial charge in [0.25, 0.3) is 0 Å². The molecule has 5 heteroatoms. The Morgan fingerprint density at radius 3 is 2.67 bits per heavy atom. The Morgan fingerprint density at radius 1 is 1.17 bits per heavy atom. The maximum absolute atomic E-state index is 5.48. The van der Waals surface area contributed by atoms with E-state index in [1.165, 1.54) is 22.3 Å². The van der Waals surface area contributed by atoms with Crippen molar-refractivity contribution in [3.8, 4) is 10.4 Å². The Hall–Kier alpha value is -1.98. The fourth-order valence-corrected chi connectivity index (χ4v) is 3.21. The van der Waals surface area contributed by atoms with Gasteiger partial charge in [0, 0.05) is 4.88 Å². The van der Waals surface area contributed by atoms with E-state index in [1.807, 2.05) is 18.2 Å². The molecule has 0 unspecified atom stereocenters. The van der Waals surface area contributed by atoms with Gasteiger partial charge < -0.3 is 5.43 Å². The molecule has 4 nitrogen and oxygen atoms in total. The first-order valence-corrected chi connectivity index (χ1v) is 6.39. The number of nitrogen functional groups attached to an aromatic ring is 1. The van der Waals surface area contributed by atoms with Crippen molar-refractivity contribution in [3.05, 3.63) is 42.2 Å². The molecule has 2 aromatic heterocycles. The van der Waals surface area contributed by atoms with E-state index in [0.29, 0.717) is 5.82 Å². The van der Waals surface area contributed by atoms with Crippen LogP contribution in [0.2, 0.25) is 0 Å². The number of nitrogens with one attached hydrogen (secondary N) is 1. The van der Waals surface area contributed by atoms with Gasteiger partial charge in [0.2, 0.25) is 0 Å². The number of aromatic nitrogens is 2. The monoisotopic (exact) mass is 256 g/mol. The summed E-state index contributed by atoms with van der Waals surface area (Å²) in [7, 11) is 0. The molecule has 0 aliphatic rings. The zero-order valence-corrected chi connectivity index (χ0v) is 10.7. The molecule has 90 valence electrons. The molecule has 3 N–H and O–H groups in total. The quantitative estimate of drug-likeness (QED) is 0.546. The summed E-state index contributed by atoms with van der Waals surface area (Å²) in [5, 5.41) is 0. The molecule has 0 aliphatic heterocycles. The van der Waals surface area contributed by atoms with E-state index >= 15 is 0 Å². The summed E-state index contributed by atoms with van der Waals surface area (Å²) in [5.74, 6) is 6.16. The molecular weight excluding hydrogens is 244 g/mol. The molecule has 0 atom stereocenters. The molecular formula is C13H12N4S. The summed E-state index contributed by atoms with van der Waals surface area (Å²) in [6, 6.07) is 10.3. The van der Waals surface area contributed by atoms with Crippen molar-refractivity contribution >= 4 is 27.4 Å². The molecule has 18 heavy (non-hydrogen) atoms. The number of thiophene rings is 1. The van der Waals surface area contributed by atoms with Crippen LogP contribution in [0.4, 0.5) is 5.82 Å². The fraction of sp³-hybridized carbons (Fsp3) is 0.0769. The zero-order valence-electron chi connectivity index (χ0n) is 9.84. The van der Waals surface area contributed by atoms with E-state index in [9.17, 15) is 0 Å². The lowest BCUT2D eigenvalue weighted by molar-refractivity contribution is 1.18. The highest BCUT2D eigenvalue weighted by molar-refractivity contribution is 7.23. The van der Waals surface area contributed by atoms with Gasteiger partial charge in [-0.15, -0.1) is 11.3 Å². The number of nitrogens with zero attached hydrogens (tertiary/aromatic N) is 2. The first-order valence-electron chi connectivity index (χ1n) is 5.57. The van der Waals surface area contributed by atoms with Gasteiger partial charge in [0.15, 0.2) is 5.82 Å². The highest BCUT2D eigenvalue weighted by Crippen LogP contribution is 2.39. The summed E-state index contributed by atoms with van der Waals surface area (Å²) in [5.41, 5.74) is 5.94. The third kappa shape index (κ3) is 1.64. The lowest BCUT2D eigenvalue weighted by atomic mass is 10.1. The van der Waals surface area contributed by atoms with Gasteiger partial charge in [0.1, 0.15) is 6.33 Å². The van der Waals surface area contributed by atoms with Crippen LogP contribution in [0, 0.1) is 6.92 Å². The Labute approximate surface area is 108 Å². The molecule has 3 rings (SSSR count). The number of hydrazine groups is 1. The van der Waals surface area contributed by atoms with Crippen LogP contribution in [-0.2, 0) is 0 Å². The van der Waals surface area contributed by atoms with Gasteiger partial charge in [-0.05, 0) is 18.1 Å². The summed E-state index contributed by atoms with van der Waals surface area (Å²) in [4.78, 5) is 9.69. The molecule has 0 bridgehead atoms. The van der Waals surface area contributed by atoms with Crippen LogP contribution >= 0.6 is 11.3 Å². The molecule has 3 aromatic rings. The second kappa shape index (κ2) is 4.36. The van der Waals surface area contributed by atoms with E-state index in [1.54, 1.807) is 11.3 Å². The number of nitrogens with two attached hydrogens (primary N) is 1. The van der Waals surface area contributed by atoms with E-state index in [2.05, 4.69) is 34.5 Å². The third-order valence-corrected chi connectivity index (χ3v) is 4.21. The average molecular weight is 256 g/mol. The van der Waals surface area contributed by atoms with Crippen molar-refractivity contribution in [1.82, 2.24) is 9.97 Å². The smallest absolute Gasteiger partial charge is 0.161 e. The first-order chi connectivity index (χ1) is 8.81. The number of aryl methyl sites for hydroxylation is 1. The Morgan fingerprint density at radius 2 is 1.94 bits per heavy atom. The predicted octanol–water partition coefficient (Wildman–Crippen LogP) is 2.95. The average Bonchev–Trinajstić information content (AvgIpc) is 2.77. The first kappa shape index (κ1) is 11.1. The number of hydrogen-bond donors (Lipinski definition) is 2. The number of fused-ring (bicyclic) bond motifs is 1. The molecule has 0 saturated heterocycles. The lowest BCUT2D eigenvalue weighted by Gasteiger charge is -1.98. The Bertz CT molecular complexity index is 691. The Balaban J connectivity index is 2.29. The van der Waals surface area contributed by atoms with Crippen molar-refractivity contribution in [2.45, 2.75) is 6.92 Å². The van der Waals surface area contributed by atoms with E-state index in [0.717, 1.165) is 10.2 Å². The highest BCUT2D eigenvalue weighted by Gasteiger charge is 2.14. The number of anilines is 1. The summed E-state index contributed by atoms with van der Waals surface area (Å²) < 4.78 is 0.997. The molecule has 0 amide bonds.